The van der Waals surface area contributed by atoms with E-state index in [1.807, 2.05) is 20.8 Å². The number of hydrogen-bond donors (Lipinski definition) is 2. The van der Waals surface area contributed by atoms with E-state index in [2.05, 4.69) is 10.0 Å². The van der Waals surface area contributed by atoms with Crippen LogP contribution < -0.4 is 10.0 Å². The van der Waals surface area contributed by atoms with Crippen molar-refractivity contribution in [2.24, 2.45) is 0 Å². The minimum atomic E-state index is -3.67. The Morgan fingerprint density at radius 3 is 2.48 bits per heavy atom. The zero-order valence-corrected chi connectivity index (χ0v) is 13.2. The highest BCUT2D eigenvalue weighted by molar-refractivity contribution is 7.89. The first-order chi connectivity index (χ1) is 9.76. The summed E-state index contributed by atoms with van der Waals surface area (Å²) in [5.41, 5.74) is -0.0661. The zero-order chi connectivity index (χ0) is 15.5. The lowest BCUT2D eigenvalue weighted by Gasteiger charge is -2.19. The van der Waals surface area contributed by atoms with Crippen molar-refractivity contribution in [1.29, 1.82) is 0 Å². The van der Waals surface area contributed by atoms with E-state index in [1.54, 1.807) is 18.2 Å². The van der Waals surface area contributed by atoms with E-state index in [0.717, 1.165) is 0 Å². The van der Waals surface area contributed by atoms with Crippen molar-refractivity contribution in [2.75, 3.05) is 0 Å². The first kappa shape index (κ1) is 15.8. The lowest BCUT2D eigenvalue weighted by atomic mass is 10.1. The van der Waals surface area contributed by atoms with E-state index >= 15 is 0 Å². The van der Waals surface area contributed by atoms with Crippen LogP contribution in [0.5, 0.6) is 0 Å². The van der Waals surface area contributed by atoms with Crippen LogP contribution in [0.25, 0.3) is 0 Å². The zero-order valence-electron chi connectivity index (χ0n) is 12.3. The molecule has 2 aromatic rings. The molecule has 2 heterocycles. The van der Waals surface area contributed by atoms with Crippen molar-refractivity contribution in [3.63, 3.8) is 0 Å². The van der Waals surface area contributed by atoms with Crippen LogP contribution in [0.2, 0.25) is 0 Å². The summed E-state index contributed by atoms with van der Waals surface area (Å²) in [4.78, 5) is 0. The molecule has 0 saturated carbocycles. The maximum Gasteiger partial charge on any atom is 0.274 e. The average Bonchev–Trinajstić information content (AvgIpc) is 3.05. The molecule has 0 aromatic carbocycles. The predicted octanol–water partition coefficient (Wildman–Crippen LogP) is 2.24. The van der Waals surface area contributed by atoms with E-state index in [9.17, 15) is 8.42 Å². The molecular weight excluding hydrogens is 292 g/mol. The van der Waals surface area contributed by atoms with Gasteiger partial charge >= 0.3 is 0 Å². The molecule has 0 aliphatic rings. The SMILES string of the molecule is CC(C)(C)NCc1ccc(S(=O)(=O)NCc2ccco2)o1. The summed E-state index contributed by atoms with van der Waals surface area (Å²) in [5, 5.41) is 3.14. The Morgan fingerprint density at radius 1 is 1.10 bits per heavy atom. The van der Waals surface area contributed by atoms with Gasteiger partial charge < -0.3 is 14.2 Å². The van der Waals surface area contributed by atoms with E-state index in [4.69, 9.17) is 8.83 Å². The number of sulfonamides is 1. The first-order valence-electron chi connectivity index (χ1n) is 6.62. The Bertz CT molecular complexity index is 666. The molecule has 0 unspecified atom stereocenters. The average molecular weight is 312 g/mol. The fourth-order valence-corrected chi connectivity index (χ4v) is 2.54. The molecule has 0 bridgehead atoms. The van der Waals surface area contributed by atoms with Crippen molar-refractivity contribution in [1.82, 2.24) is 10.0 Å². The summed E-state index contributed by atoms with van der Waals surface area (Å²) in [6.45, 7) is 6.64. The van der Waals surface area contributed by atoms with Crippen molar-refractivity contribution in [2.45, 2.75) is 44.5 Å². The first-order valence-corrected chi connectivity index (χ1v) is 8.10. The Morgan fingerprint density at radius 2 is 1.86 bits per heavy atom. The second kappa shape index (κ2) is 6.05. The largest absolute Gasteiger partial charge is 0.468 e. The van der Waals surface area contributed by atoms with Gasteiger partial charge in [-0.25, -0.2) is 13.1 Å². The molecule has 0 spiro atoms. The fourth-order valence-electron chi connectivity index (χ4n) is 1.60. The van der Waals surface area contributed by atoms with Gasteiger partial charge in [0.1, 0.15) is 11.5 Å². The molecule has 0 aliphatic carbocycles. The van der Waals surface area contributed by atoms with Crippen molar-refractivity contribution in [3.05, 3.63) is 42.0 Å². The highest BCUT2D eigenvalue weighted by atomic mass is 32.2. The Balaban J connectivity index is 1.98. The second-order valence-corrected chi connectivity index (χ2v) is 7.43. The van der Waals surface area contributed by atoms with Crippen LogP contribution in [-0.4, -0.2) is 14.0 Å². The topological polar surface area (TPSA) is 84.5 Å². The van der Waals surface area contributed by atoms with Gasteiger partial charge in [0.2, 0.25) is 5.09 Å². The van der Waals surface area contributed by atoms with Gasteiger partial charge in [-0.15, -0.1) is 0 Å². The molecule has 0 fully saturated rings. The Labute approximate surface area is 124 Å². The van der Waals surface area contributed by atoms with Crippen LogP contribution in [0.3, 0.4) is 0 Å². The van der Waals surface area contributed by atoms with Crippen molar-refractivity contribution < 1.29 is 17.3 Å². The third-order valence-corrected chi connectivity index (χ3v) is 3.98. The molecule has 0 aliphatic heterocycles. The van der Waals surface area contributed by atoms with Crippen LogP contribution in [-0.2, 0) is 23.1 Å². The van der Waals surface area contributed by atoms with Gasteiger partial charge in [-0.2, -0.15) is 0 Å². The van der Waals surface area contributed by atoms with Crippen molar-refractivity contribution >= 4 is 10.0 Å². The van der Waals surface area contributed by atoms with Gasteiger partial charge in [-0.1, -0.05) is 0 Å². The summed E-state index contributed by atoms with van der Waals surface area (Å²) < 4.78 is 37.0. The van der Waals surface area contributed by atoms with Gasteiger partial charge in [0.05, 0.1) is 19.4 Å². The van der Waals surface area contributed by atoms with Crippen LogP contribution in [0.15, 0.2) is 44.5 Å². The molecule has 21 heavy (non-hydrogen) atoms. The molecule has 0 radical (unpaired) electrons. The maximum absolute atomic E-state index is 12.1. The molecule has 7 heteroatoms. The minimum absolute atomic E-state index is 0.0661. The second-order valence-electron chi connectivity index (χ2n) is 5.73. The van der Waals surface area contributed by atoms with E-state index < -0.39 is 10.0 Å². The van der Waals surface area contributed by atoms with Gasteiger partial charge in [-0.05, 0) is 45.0 Å². The standard InChI is InChI=1S/C14H20N2O4S/c1-14(2,3)15-9-12-6-7-13(20-12)21(17,18)16-10-11-5-4-8-19-11/h4-8,15-16H,9-10H2,1-3H3. The highest BCUT2D eigenvalue weighted by Gasteiger charge is 2.19. The lowest BCUT2D eigenvalue weighted by molar-refractivity contribution is 0.359. The number of nitrogens with one attached hydrogen (secondary N) is 2. The van der Waals surface area contributed by atoms with Crippen molar-refractivity contribution in [3.8, 4) is 0 Å². The highest BCUT2D eigenvalue weighted by Crippen LogP contribution is 2.15. The van der Waals surface area contributed by atoms with Gasteiger partial charge in [-0.3, -0.25) is 0 Å². The smallest absolute Gasteiger partial charge is 0.274 e. The van der Waals surface area contributed by atoms with E-state index in [1.165, 1.54) is 12.3 Å². The number of furan rings is 2. The maximum atomic E-state index is 12.1. The molecule has 2 rings (SSSR count). The van der Waals surface area contributed by atoms with Gasteiger partial charge in [0.25, 0.3) is 10.0 Å². The fraction of sp³-hybridized carbons (Fsp3) is 0.429. The van der Waals surface area contributed by atoms with Crippen LogP contribution in [0.4, 0.5) is 0 Å². The van der Waals surface area contributed by atoms with Crippen LogP contribution in [0, 0.1) is 0 Å². The lowest BCUT2D eigenvalue weighted by Crippen LogP contribution is -2.34. The number of hydrogen-bond acceptors (Lipinski definition) is 5. The quantitative estimate of drug-likeness (QED) is 0.854. The molecular formula is C14H20N2O4S. The molecule has 6 nitrogen and oxygen atoms in total. The molecule has 0 atom stereocenters. The van der Waals surface area contributed by atoms with Gasteiger partial charge in [0.15, 0.2) is 0 Å². The van der Waals surface area contributed by atoms with Gasteiger partial charge in [0, 0.05) is 5.54 Å². The summed E-state index contributed by atoms with van der Waals surface area (Å²) in [6, 6.07) is 6.50. The molecule has 0 amide bonds. The summed E-state index contributed by atoms with van der Waals surface area (Å²) >= 11 is 0. The molecule has 2 N–H and O–H groups in total. The third kappa shape index (κ3) is 4.73. The molecule has 0 saturated heterocycles. The summed E-state index contributed by atoms with van der Waals surface area (Å²) in [6.07, 6.45) is 1.49. The van der Waals surface area contributed by atoms with E-state index in [0.29, 0.717) is 18.1 Å². The normalized spacial score (nSPS) is 12.7. The summed E-state index contributed by atoms with van der Waals surface area (Å²) in [5.74, 6) is 1.11. The van der Waals surface area contributed by atoms with Crippen LogP contribution >= 0.6 is 0 Å². The molecule has 116 valence electrons. The monoisotopic (exact) mass is 312 g/mol. The molecule has 2 aromatic heterocycles. The number of rotatable bonds is 6. The predicted molar refractivity (Wildman–Crippen MR) is 78.0 cm³/mol. The van der Waals surface area contributed by atoms with Crippen LogP contribution in [0.1, 0.15) is 32.3 Å². The minimum Gasteiger partial charge on any atom is -0.468 e. The third-order valence-electron chi connectivity index (χ3n) is 2.71. The summed E-state index contributed by atoms with van der Waals surface area (Å²) in [7, 11) is -3.67. The Hall–Kier alpha value is -1.57. The Kier molecular flexibility index (Phi) is 4.55. The van der Waals surface area contributed by atoms with E-state index in [-0.39, 0.29) is 17.2 Å².